The lowest BCUT2D eigenvalue weighted by Gasteiger charge is -2.58. The van der Waals surface area contributed by atoms with E-state index in [1.807, 2.05) is 0 Å². The number of aliphatic hydroxyl groups is 4. The fourth-order valence-electron chi connectivity index (χ4n) is 10.3. The van der Waals surface area contributed by atoms with E-state index in [-0.39, 0.29) is 11.5 Å². The molecule has 0 aromatic rings. The van der Waals surface area contributed by atoms with Crippen LogP contribution in [0.1, 0.15) is 99.3 Å². The lowest BCUT2D eigenvalue weighted by atomic mass is 9.47. The van der Waals surface area contributed by atoms with Crippen LogP contribution in [0.4, 0.5) is 0 Å². The van der Waals surface area contributed by atoms with E-state index in [1.165, 1.54) is 37.7 Å². The monoisotopic (exact) mass is 574 g/mol. The first-order valence-corrected chi connectivity index (χ1v) is 16.8. The Balaban J connectivity index is 1.26. The maximum Gasteiger partial charge on any atom is 0.186 e. The van der Waals surface area contributed by atoms with E-state index >= 15 is 0 Å². The zero-order valence-corrected chi connectivity index (χ0v) is 26.4. The summed E-state index contributed by atoms with van der Waals surface area (Å²) in [5, 5.41) is 40.4. The van der Waals surface area contributed by atoms with Crippen LogP contribution in [0.25, 0.3) is 0 Å². The van der Waals surface area contributed by atoms with Crippen molar-refractivity contribution in [2.45, 2.75) is 136 Å². The van der Waals surface area contributed by atoms with Crippen LogP contribution < -0.4 is 0 Å². The summed E-state index contributed by atoms with van der Waals surface area (Å²) in [6.45, 7) is 14.2. The SMILES string of the molecule is CC[C@@H](/C=C/[C@H](C)[C@H]1CC[C@@H]2[C@@H]3CC=C4C[C@H](O[C@@H]5O[C@H](CO)[C@@H](O)[C@H](O)[C@H]5O)CC[C@]4(C)[C@H]3CC[C@@]21C)C(C)C. The Bertz CT molecular complexity index is 960. The smallest absolute Gasteiger partial charge is 0.186 e. The van der Waals surface area contributed by atoms with Crippen molar-refractivity contribution in [1.82, 2.24) is 0 Å². The summed E-state index contributed by atoms with van der Waals surface area (Å²) in [7, 11) is 0. The fraction of sp³-hybridized carbons (Fsp3) is 0.886. The number of hydrogen-bond acceptors (Lipinski definition) is 6. The first-order valence-electron chi connectivity index (χ1n) is 16.8. The van der Waals surface area contributed by atoms with E-state index in [2.05, 4.69) is 59.8 Å². The zero-order valence-electron chi connectivity index (χ0n) is 26.4. The van der Waals surface area contributed by atoms with Crippen LogP contribution in [0.3, 0.4) is 0 Å². The molecule has 14 atom stereocenters. The normalized spacial score (nSPS) is 47.9. The molecular formula is C35H58O6. The van der Waals surface area contributed by atoms with Gasteiger partial charge in [0.1, 0.15) is 24.4 Å². The third-order valence-corrected chi connectivity index (χ3v) is 12.9. The minimum Gasteiger partial charge on any atom is -0.394 e. The highest BCUT2D eigenvalue weighted by Crippen LogP contribution is 2.67. The van der Waals surface area contributed by atoms with E-state index < -0.39 is 37.3 Å². The van der Waals surface area contributed by atoms with Crippen molar-refractivity contribution in [2.24, 2.45) is 52.3 Å². The predicted octanol–water partition coefficient (Wildman–Crippen LogP) is 5.63. The standard InChI is InChI=1S/C35H58O6/c1-7-22(20(2)3)9-8-21(4)26-12-13-27-25-11-10-23-18-24(14-16-34(23,5)28(25)15-17-35(26,27)6)40-33-32(39)31(38)30(37)29(19-36)41-33/h8-10,20-22,24-33,36-39H,7,11-19H2,1-6H3/b9-8+/t21-,22-,24+,25-,26+,27+,28-,29+,30+,31-,32+,33+,34-,35+/m0/s1. The van der Waals surface area contributed by atoms with Crippen LogP contribution >= 0.6 is 0 Å². The predicted molar refractivity (Wildman–Crippen MR) is 161 cm³/mol. The van der Waals surface area contributed by atoms with Gasteiger partial charge in [-0.25, -0.2) is 0 Å². The molecule has 1 heterocycles. The van der Waals surface area contributed by atoms with Crippen LogP contribution in [0.2, 0.25) is 0 Å². The summed E-state index contributed by atoms with van der Waals surface area (Å²) >= 11 is 0. The molecule has 0 unspecified atom stereocenters. The van der Waals surface area contributed by atoms with Crippen molar-refractivity contribution >= 4 is 0 Å². The van der Waals surface area contributed by atoms with Gasteiger partial charge in [-0.3, -0.25) is 0 Å². The first kappa shape index (κ1) is 31.7. The van der Waals surface area contributed by atoms with E-state index in [0.717, 1.165) is 43.4 Å². The summed E-state index contributed by atoms with van der Waals surface area (Å²) in [6.07, 6.45) is 11.9. The third-order valence-electron chi connectivity index (χ3n) is 12.9. The highest BCUT2D eigenvalue weighted by molar-refractivity contribution is 5.25. The topological polar surface area (TPSA) is 99.4 Å². The maximum absolute atomic E-state index is 10.5. The summed E-state index contributed by atoms with van der Waals surface area (Å²) in [5.74, 6) is 5.05. The number of rotatable bonds is 8. The number of fused-ring (bicyclic) bond motifs is 5. The lowest BCUT2D eigenvalue weighted by Crippen LogP contribution is -2.60. The molecule has 6 nitrogen and oxygen atoms in total. The average molecular weight is 575 g/mol. The minimum atomic E-state index is -1.40. The van der Waals surface area contributed by atoms with Gasteiger partial charge in [-0.15, -0.1) is 0 Å². The molecule has 0 radical (unpaired) electrons. The third kappa shape index (κ3) is 5.64. The van der Waals surface area contributed by atoms with Crippen LogP contribution in [0.5, 0.6) is 0 Å². The Morgan fingerprint density at radius 3 is 2.41 bits per heavy atom. The molecule has 3 saturated carbocycles. The van der Waals surface area contributed by atoms with Gasteiger partial charge in [0.15, 0.2) is 6.29 Å². The zero-order chi connectivity index (χ0) is 29.7. The summed E-state index contributed by atoms with van der Waals surface area (Å²) in [6, 6.07) is 0. The first-order chi connectivity index (χ1) is 19.4. The Morgan fingerprint density at radius 2 is 1.73 bits per heavy atom. The Hall–Kier alpha value is -0.760. The van der Waals surface area contributed by atoms with Crippen LogP contribution in [-0.2, 0) is 9.47 Å². The molecule has 41 heavy (non-hydrogen) atoms. The maximum atomic E-state index is 10.5. The molecule has 1 aliphatic heterocycles. The fourth-order valence-corrected chi connectivity index (χ4v) is 10.3. The molecule has 6 heteroatoms. The number of ether oxygens (including phenoxy) is 2. The number of aliphatic hydroxyl groups excluding tert-OH is 4. The molecule has 4 fully saturated rings. The Labute approximate surface area is 248 Å². The van der Waals surface area contributed by atoms with Crippen molar-refractivity contribution in [1.29, 1.82) is 0 Å². The van der Waals surface area contributed by atoms with E-state index in [0.29, 0.717) is 29.1 Å². The molecule has 5 rings (SSSR count). The lowest BCUT2D eigenvalue weighted by molar-refractivity contribution is -0.313. The van der Waals surface area contributed by atoms with Gasteiger partial charge in [-0.2, -0.15) is 0 Å². The van der Waals surface area contributed by atoms with Crippen LogP contribution in [-0.4, -0.2) is 63.8 Å². The molecule has 0 aromatic heterocycles. The van der Waals surface area contributed by atoms with Crippen LogP contribution in [0, 0.1) is 52.3 Å². The highest BCUT2D eigenvalue weighted by Gasteiger charge is 2.59. The molecule has 0 amide bonds. The quantitative estimate of drug-likeness (QED) is 0.281. The van der Waals surface area contributed by atoms with Crippen molar-refractivity contribution in [3.63, 3.8) is 0 Å². The van der Waals surface area contributed by atoms with Crippen molar-refractivity contribution < 1.29 is 29.9 Å². The van der Waals surface area contributed by atoms with E-state index in [1.54, 1.807) is 0 Å². The van der Waals surface area contributed by atoms with E-state index in [4.69, 9.17) is 9.47 Å². The number of hydrogen-bond donors (Lipinski definition) is 4. The Kier molecular flexibility index (Phi) is 9.51. The van der Waals surface area contributed by atoms with Gasteiger partial charge in [-0.05, 0) is 110 Å². The molecule has 234 valence electrons. The van der Waals surface area contributed by atoms with E-state index in [9.17, 15) is 20.4 Å². The molecule has 4 N–H and O–H groups in total. The molecular weight excluding hydrogens is 516 g/mol. The molecule has 1 saturated heterocycles. The molecule has 0 spiro atoms. The molecule has 4 aliphatic carbocycles. The summed E-state index contributed by atoms with van der Waals surface area (Å²) in [4.78, 5) is 0. The van der Waals surface area contributed by atoms with Crippen molar-refractivity contribution in [3.8, 4) is 0 Å². The highest BCUT2D eigenvalue weighted by atomic mass is 16.7. The minimum absolute atomic E-state index is 0.109. The van der Waals surface area contributed by atoms with Gasteiger partial charge in [0, 0.05) is 0 Å². The second-order valence-electron chi connectivity index (χ2n) is 15.2. The van der Waals surface area contributed by atoms with Crippen molar-refractivity contribution in [3.05, 3.63) is 23.8 Å². The largest absolute Gasteiger partial charge is 0.394 e. The Morgan fingerprint density at radius 1 is 0.976 bits per heavy atom. The van der Waals surface area contributed by atoms with Gasteiger partial charge in [0.05, 0.1) is 12.7 Å². The number of allylic oxidation sites excluding steroid dienone is 3. The van der Waals surface area contributed by atoms with Gasteiger partial charge >= 0.3 is 0 Å². The van der Waals surface area contributed by atoms with Crippen LogP contribution in [0.15, 0.2) is 23.8 Å². The second-order valence-corrected chi connectivity index (χ2v) is 15.2. The molecule has 5 aliphatic rings. The summed E-state index contributed by atoms with van der Waals surface area (Å²) < 4.78 is 11.9. The van der Waals surface area contributed by atoms with Gasteiger partial charge in [-0.1, -0.05) is 65.3 Å². The van der Waals surface area contributed by atoms with Crippen molar-refractivity contribution in [2.75, 3.05) is 6.61 Å². The van der Waals surface area contributed by atoms with Gasteiger partial charge in [0.25, 0.3) is 0 Å². The summed E-state index contributed by atoms with van der Waals surface area (Å²) in [5.41, 5.74) is 2.11. The second kappa shape index (κ2) is 12.3. The van der Waals surface area contributed by atoms with Gasteiger partial charge in [0.2, 0.25) is 0 Å². The average Bonchev–Trinajstić information content (AvgIpc) is 3.30. The molecule has 0 bridgehead atoms. The molecule has 0 aromatic carbocycles. The van der Waals surface area contributed by atoms with Gasteiger partial charge < -0.3 is 29.9 Å².